The molecule has 1 aliphatic rings. The minimum atomic E-state index is -0.633. The fourth-order valence-corrected chi connectivity index (χ4v) is 4.40. The van der Waals surface area contributed by atoms with Crippen LogP contribution in [0.4, 0.5) is 9.59 Å². The molecule has 202 valence electrons. The lowest BCUT2D eigenvalue weighted by atomic mass is 9.92. The van der Waals surface area contributed by atoms with Crippen LogP contribution in [0.2, 0.25) is 0 Å². The molecule has 0 radical (unpaired) electrons. The molecule has 37 heavy (non-hydrogen) atoms. The highest BCUT2D eigenvalue weighted by atomic mass is 16.6. The first kappa shape index (κ1) is 28.4. The molecule has 2 aromatic rings. The Morgan fingerprint density at radius 1 is 0.946 bits per heavy atom. The van der Waals surface area contributed by atoms with Gasteiger partial charge in [0, 0.05) is 31.7 Å². The van der Waals surface area contributed by atoms with Gasteiger partial charge in [0.05, 0.1) is 0 Å². The van der Waals surface area contributed by atoms with Gasteiger partial charge in [-0.3, -0.25) is 9.69 Å². The first-order valence-electron chi connectivity index (χ1n) is 13.1. The average molecular weight is 512 g/mol. The number of ether oxygens (including phenoxy) is 2. The minimum absolute atomic E-state index is 0.0950. The number of nitrogens with one attached hydrogen (secondary N) is 2. The third-order valence-corrected chi connectivity index (χ3v) is 5.99. The summed E-state index contributed by atoms with van der Waals surface area (Å²) >= 11 is 0. The van der Waals surface area contributed by atoms with Gasteiger partial charge in [0.1, 0.15) is 17.2 Å². The first-order chi connectivity index (χ1) is 17.4. The molecule has 0 spiro atoms. The highest BCUT2D eigenvalue weighted by molar-refractivity contribution is 6.12. The van der Waals surface area contributed by atoms with Crippen LogP contribution < -0.4 is 10.6 Å². The summed E-state index contributed by atoms with van der Waals surface area (Å²) in [4.78, 5) is 40.0. The maximum absolute atomic E-state index is 13.7. The van der Waals surface area contributed by atoms with Crippen LogP contribution >= 0.6 is 0 Å². The van der Waals surface area contributed by atoms with Gasteiger partial charge in [0.15, 0.2) is 5.78 Å². The summed E-state index contributed by atoms with van der Waals surface area (Å²) in [7, 11) is 0. The molecule has 0 unspecified atom stereocenters. The number of carbonyl (C=O) groups is 3. The Bertz CT molecular complexity index is 1120. The van der Waals surface area contributed by atoms with Crippen molar-refractivity contribution in [2.45, 2.75) is 78.0 Å². The summed E-state index contributed by atoms with van der Waals surface area (Å²) in [6.45, 7) is 12.9. The summed E-state index contributed by atoms with van der Waals surface area (Å²) in [5.74, 6) is -0.0950. The number of aryl methyl sites for hydroxylation is 1. The molecular weight excluding hydrogens is 470 g/mol. The van der Waals surface area contributed by atoms with E-state index in [1.807, 2.05) is 77.9 Å². The monoisotopic (exact) mass is 511 g/mol. The molecule has 1 fully saturated rings. The molecule has 8 nitrogen and oxygen atoms in total. The molecule has 2 aromatic carbocycles. The number of benzene rings is 2. The molecule has 0 aliphatic carbocycles. The first-order valence-corrected chi connectivity index (χ1v) is 13.1. The van der Waals surface area contributed by atoms with E-state index < -0.39 is 29.4 Å². The standard InChI is InChI=1S/C29H41N3O5/c1-28(2,3)36-26(34)31-16-10-9-11-20-14-15-23(22-13-8-7-12-21(20)22)25(33)24-19-30-17-18-32(24)27(35)37-29(4,5)6/h7-8,12-15,24,30H,9-11,16-19H2,1-6H3,(H,31,34)/t24-/m0/s1. The number of Topliss-reactive ketones (excluding diaryl/α,β-unsaturated/α-hetero) is 1. The molecule has 1 saturated heterocycles. The van der Waals surface area contributed by atoms with E-state index in [-0.39, 0.29) is 5.78 Å². The van der Waals surface area contributed by atoms with Crippen LogP contribution in [-0.2, 0) is 15.9 Å². The molecular formula is C29H41N3O5. The average Bonchev–Trinajstić information content (AvgIpc) is 2.81. The van der Waals surface area contributed by atoms with Crippen molar-refractivity contribution >= 4 is 28.7 Å². The summed E-state index contributed by atoms with van der Waals surface area (Å²) in [6.07, 6.45) is 1.64. The lowest BCUT2D eigenvalue weighted by Gasteiger charge is -2.36. The van der Waals surface area contributed by atoms with Crippen LogP contribution in [-0.4, -0.2) is 66.3 Å². The van der Waals surface area contributed by atoms with Gasteiger partial charge in [-0.1, -0.05) is 36.4 Å². The van der Waals surface area contributed by atoms with Gasteiger partial charge in [-0.05, 0) is 77.1 Å². The van der Waals surface area contributed by atoms with Crippen molar-refractivity contribution < 1.29 is 23.9 Å². The van der Waals surface area contributed by atoms with Crippen LogP contribution in [0.3, 0.4) is 0 Å². The van der Waals surface area contributed by atoms with Crippen molar-refractivity contribution in [1.29, 1.82) is 0 Å². The number of hydrogen-bond acceptors (Lipinski definition) is 6. The van der Waals surface area contributed by atoms with Crippen molar-refractivity contribution in [3.05, 3.63) is 47.5 Å². The zero-order chi connectivity index (χ0) is 27.2. The number of rotatable bonds is 7. The zero-order valence-electron chi connectivity index (χ0n) is 23.0. The molecule has 3 rings (SSSR count). The number of amides is 2. The van der Waals surface area contributed by atoms with Gasteiger partial charge in [-0.2, -0.15) is 0 Å². The molecule has 0 bridgehead atoms. The molecule has 2 amide bonds. The lowest BCUT2D eigenvalue weighted by molar-refractivity contribution is 0.0125. The van der Waals surface area contributed by atoms with Crippen LogP contribution in [0.5, 0.6) is 0 Å². The number of ketones is 1. The van der Waals surface area contributed by atoms with Crippen molar-refractivity contribution in [2.75, 3.05) is 26.2 Å². The van der Waals surface area contributed by atoms with Crippen LogP contribution in [0.25, 0.3) is 10.8 Å². The van der Waals surface area contributed by atoms with Crippen LogP contribution in [0.15, 0.2) is 36.4 Å². The number of alkyl carbamates (subject to hydrolysis) is 1. The van der Waals surface area contributed by atoms with Crippen molar-refractivity contribution in [1.82, 2.24) is 15.5 Å². The molecule has 0 aromatic heterocycles. The van der Waals surface area contributed by atoms with Crippen LogP contribution in [0.1, 0.15) is 70.3 Å². The summed E-state index contributed by atoms with van der Waals surface area (Å²) in [5.41, 5.74) is 0.606. The van der Waals surface area contributed by atoms with Gasteiger partial charge >= 0.3 is 12.2 Å². The molecule has 0 saturated carbocycles. The van der Waals surface area contributed by atoms with Crippen molar-refractivity contribution in [3.8, 4) is 0 Å². The van der Waals surface area contributed by atoms with Gasteiger partial charge in [-0.25, -0.2) is 9.59 Å². The summed E-state index contributed by atoms with van der Waals surface area (Å²) in [5, 5.41) is 7.95. The third kappa shape index (κ3) is 8.18. The SMILES string of the molecule is CC(C)(C)OC(=O)NCCCCc1ccc(C(=O)[C@@H]2CNCCN2C(=O)OC(C)(C)C)c2ccccc12. The smallest absolute Gasteiger partial charge is 0.411 e. The number of carbonyl (C=O) groups excluding carboxylic acids is 3. The Morgan fingerprint density at radius 3 is 2.30 bits per heavy atom. The van der Waals surface area contributed by atoms with Crippen LogP contribution in [0, 0.1) is 0 Å². The van der Waals surface area contributed by atoms with E-state index in [1.165, 1.54) is 0 Å². The topological polar surface area (TPSA) is 97.0 Å². The lowest BCUT2D eigenvalue weighted by Crippen LogP contribution is -2.57. The zero-order valence-corrected chi connectivity index (χ0v) is 23.0. The van der Waals surface area contributed by atoms with E-state index in [0.717, 1.165) is 35.6 Å². The normalized spacial score (nSPS) is 16.4. The third-order valence-electron chi connectivity index (χ3n) is 5.99. The number of hydrogen-bond donors (Lipinski definition) is 2. The Labute approximate surface area is 220 Å². The number of fused-ring (bicyclic) bond motifs is 1. The largest absolute Gasteiger partial charge is 0.444 e. The summed E-state index contributed by atoms with van der Waals surface area (Å²) in [6, 6.07) is 11.1. The fourth-order valence-electron chi connectivity index (χ4n) is 4.40. The Morgan fingerprint density at radius 2 is 1.62 bits per heavy atom. The van der Waals surface area contributed by atoms with E-state index in [0.29, 0.717) is 31.7 Å². The molecule has 1 aliphatic heterocycles. The van der Waals surface area contributed by atoms with Gasteiger partial charge in [0.25, 0.3) is 0 Å². The van der Waals surface area contributed by atoms with Gasteiger partial charge in [-0.15, -0.1) is 0 Å². The second-order valence-corrected chi connectivity index (χ2v) is 11.5. The second kappa shape index (κ2) is 11.9. The predicted molar refractivity (Wildman–Crippen MR) is 145 cm³/mol. The molecule has 1 atom stereocenters. The van der Waals surface area contributed by atoms with Gasteiger partial charge in [0.2, 0.25) is 0 Å². The Hall–Kier alpha value is -3.13. The number of unbranched alkanes of at least 4 members (excludes halogenated alkanes) is 1. The predicted octanol–water partition coefficient (Wildman–Crippen LogP) is 5.08. The Kier molecular flexibility index (Phi) is 9.18. The fraction of sp³-hybridized carbons (Fsp3) is 0.552. The molecule has 2 N–H and O–H groups in total. The van der Waals surface area contributed by atoms with E-state index in [4.69, 9.17) is 9.47 Å². The Balaban J connectivity index is 1.70. The maximum Gasteiger partial charge on any atom is 0.411 e. The van der Waals surface area contributed by atoms with E-state index in [2.05, 4.69) is 10.6 Å². The number of nitrogens with zero attached hydrogens (tertiary/aromatic N) is 1. The minimum Gasteiger partial charge on any atom is -0.444 e. The maximum atomic E-state index is 13.7. The highest BCUT2D eigenvalue weighted by Crippen LogP contribution is 2.27. The quantitative estimate of drug-likeness (QED) is 0.398. The van der Waals surface area contributed by atoms with E-state index in [9.17, 15) is 14.4 Å². The van der Waals surface area contributed by atoms with Crippen molar-refractivity contribution in [3.63, 3.8) is 0 Å². The van der Waals surface area contributed by atoms with Crippen molar-refractivity contribution in [2.24, 2.45) is 0 Å². The van der Waals surface area contributed by atoms with E-state index in [1.54, 1.807) is 4.90 Å². The van der Waals surface area contributed by atoms with E-state index >= 15 is 0 Å². The molecule has 1 heterocycles. The summed E-state index contributed by atoms with van der Waals surface area (Å²) < 4.78 is 10.8. The second-order valence-electron chi connectivity index (χ2n) is 11.5. The highest BCUT2D eigenvalue weighted by Gasteiger charge is 2.35. The number of piperazine rings is 1. The molecule has 8 heteroatoms. The van der Waals surface area contributed by atoms with Gasteiger partial charge < -0.3 is 20.1 Å².